The Balaban J connectivity index is 2.03. The van der Waals surface area contributed by atoms with E-state index in [1.54, 1.807) is 31.7 Å². The number of nitrogens with zero attached hydrogens (tertiary/aromatic N) is 2. The number of allylic oxidation sites excluding steroid dienone is 1. The smallest absolute Gasteiger partial charge is 0.212 e. The van der Waals surface area contributed by atoms with Crippen LogP contribution in [-0.4, -0.2) is 27.8 Å². The van der Waals surface area contributed by atoms with Crippen LogP contribution < -0.4 is 4.74 Å². The van der Waals surface area contributed by atoms with Crippen molar-refractivity contribution >= 4 is 22.9 Å². The van der Waals surface area contributed by atoms with E-state index in [0.717, 1.165) is 27.7 Å². The first kappa shape index (κ1) is 14.0. The van der Waals surface area contributed by atoms with Gasteiger partial charge in [-0.3, -0.25) is 4.79 Å². The fourth-order valence-electron chi connectivity index (χ4n) is 2.20. The van der Waals surface area contributed by atoms with Gasteiger partial charge in [0.2, 0.25) is 5.88 Å². The lowest BCUT2D eigenvalue weighted by Crippen LogP contribution is -1.88. The number of H-pyrrole nitrogens is 1. The molecule has 110 valence electrons. The van der Waals surface area contributed by atoms with Crippen molar-refractivity contribution < 1.29 is 9.53 Å². The molecule has 0 saturated carbocycles. The minimum absolute atomic E-state index is 0.0119. The molecule has 3 heterocycles. The Hall–Kier alpha value is -2.95. The minimum Gasteiger partial charge on any atom is -0.481 e. The Bertz CT molecular complexity index is 848. The zero-order valence-corrected chi connectivity index (χ0v) is 12.3. The molecule has 0 aliphatic carbocycles. The SMILES string of the molecule is COc1ccc(-c2cnc3[nH]cc(/C=C/C(C)=O)c3c2)cn1. The molecule has 22 heavy (non-hydrogen) atoms. The molecule has 0 fully saturated rings. The monoisotopic (exact) mass is 293 g/mol. The number of carbonyl (C=O) groups is 1. The van der Waals surface area contributed by atoms with E-state index < -0.39 is 0 Å². The molecule has 3 aromatic rings. The highest BCUT2D eigenvalue weighted by molar-refractivity contribution is 5.96. The maximum atomic E-state index is 11.1. The fraction of sp³-hybridized carbons (Fsp3) is 0.118. The number of ether oxygens (including phenoxy) is 1. The summed E-state index contributed by atoms with van der Waals surface area (Å²) in [6, 6.07) is 5.78. The molecule has 0 aromatic carbocycles. The van der Waals surface area contributed by atoms with Crippen molar-refractivity contribution in [3.8, 4) is 17.0 Å². The van der Waals surface area contributed by atoms with Gasteiger partial charge in [0, 0.05) is 46.7 Å². The summed E-state index contributed by atoms with van der Waals surface area (Å²) in [5.74, 6) is 0.585. The summed E-state index contributed by atoms with van der Waals surface area (Å²) in [7, 11) is 1.59. The number of nitrogens with one attached hydrogen (secondary N) is 1. The van der Waals surface area contributed by atoms with Crippen LogP contribution in [0.1, 0.15) is 12.5 Å². The average molecular weight is 293 g/mol. The van der Waals surface area contributed by atoms with E-state index in [1.807, 2.05) is 24.4 Å². The van der Waals surface area contributed by atoms with Crippen LogP contribution in [0.3, 0.4) is 0 Å². The first-order valence-corrected chi connectivity index (χ1v) is 6.83. The fourth-order valence-corrected chi connectivity index (χ4v) is 2.20. The van der Waals surface area contributed by atoms with Crippen molar-refractivity contribution in [1.82, 2.24) is 15.0 Å². The highest BCUT2D eigenvalue weighted by atomic mass is 16.5. The van der Waals surface area contributed by atoms with Crippen LogP contribution in [0.5, 0.6) is 5.88 Å². The quantitative estimate of drug-likeness (QED) is 0.750. The summed E-state index contributed by atoms with van der Waals surface area (Å²) in [5.41, 5.74) is 3.63. The Labute approximate surface area is 127 Å². The number of hydrogen-bond donors (Lipinski definition) is 1. The van der Waals surface area contributed by atoms with Crippen molar-refractivity contribution in [3.05, 3.63) is 48.4 Å². The van der Waals surface area contributed by atoms with Crippen molar-refractivity contribution in [2.45, 2.75) is 6.92 Å². The number of methoxy groups -OCH3 is 1. The van der Waals surface area contributed by atoms with E-state index in [2.05, 4.69) is 15.0 Å². The van der Waals surface area contributed by atoms with Crippen LogP contribution >= 0.6 is 0 Å². The summed E-state index contributed by atoms with van der Waals surface area (Å²) < 4.78 is 5.06. The second-order valence-electron chi connectivity index (χ2n) is 4.90. The molecule has 0 radical (unpaired) electrons. The van der Waals surface area contributed by atoms with Gasteiger partial charge in [0.15, 0.2) is 5.78 Å². The van der Waals surface area contributed by atoms with Gasteiger partial charge in [-0.2, -0.15) is 0 Å². The summed E-state index contributed by atoms with van der Waals surface area (Å²) in [6.45, 7) is 1.53. The Kier molecular flexibility index (Phi) is 3.70. The van der Waals surface area contributed by atoms with Crippen LogP contribution in [-0.2, 0) is 4.79 Å². The summed E-state index contributed by atoms with van der Waals surface area (Å²) in [5, 5.41) is 0.964. The highest BCUT2D eigenvalue weighted by Crippen LogP contribution is 2.25. The molecule has 0 amide bonds. The lowest BCUT2D eigenvalue weighted by atomic mass is 10.1. The highest BCUT2D eigenvalue weighted by Gasteiger charge is 2.06. The molecule has 0 aliphatic rings. The van der Waals surface area contributed by atoms with Gasteiger partial charge in [-0.05, 0) is 31.2 Å². The zero-order valence-electron chi connectivity index (χ0n) is 12.3. The van der Waals surface area contributed by atoms with Crippen LogP contribution in [0.2, 0.25) is 0 Å². The van der Waals surface area contributed by atoms with Crippen molar-refractivity contribution in [2.75, 3.05) is 7.11 Å². The second kappa shape index (κ2) is 5.81. The largest absolute Gasteiger partial charge is 0.481 e. The van der Waals surface area contributed by atoms with E-state index in [0.29, 0.717) is 5.88 Å². The Morgan fingerprint density at radius 1 is 1.23 bits per heavy atom. The number of ketones is 1. The molecule has 0 spiro atoms. The normalized spacial score (nSPS) is 11.2. The third kappa shape index (κ3) is 2.74. The molecular weight excluding hydrogens is 278 g/mol. The summed E-state index contributed by atoms with van der Waals surface area (Å²) in [6.07, 6.45) is 8.72. The number of aromatic nitrogens is 3. The Morgan fingerprint density at radius 2 is 2.05 bits per heavy atom. The van der Waals surface area contributed by atoms with Crippen LogP contribution in [0.25, 0.3) is 28.2 Å². The molecule has 0 bridgehead atoms. The van der Waals surface area contributed by atoms with Crippen LogP contribution in [0, 0.1) is 0 Å². The van der Waals surface area contributed by atoms with E-state index in [4.69, 9.17) is 4.74 Å². The van der Waals surface area contributed by atoms with Gasteiger partial charge >= 0.3 is 0 Å². The first-order chi connectivity index (χ1) is 10.7. The summed E-state index contributed by atoms with van der Waals surface area (Å²) in [4.78, 5) is 22.8. The molecule has 0 atom stereocenters. The van der Waals surface area contributed by atoms with Gasteiger partial charge < -0.3 is 9.72 Å². The number of fused-ring (bicyclic) bond motifs is 1. The lowest BCUT2D eigenvalue weighted by Gasteiger charge is -2.03. The molecule has 0 aliphatic heterocycles. The zero-order chi connectivity index (χ0) is 15.5. The van der Waals surface area contributed by atoms with E-state index in [1.165, 1.54) is 6.92 Å². The number of aromatic amines is 1. The third-order valence-electron chi connectivity index (χ3n) is 3.34. The number of carbonyl (C=O) groups excluding carboxylic acids is 1. The van der Waals surface area contributed by atoms with Gasteiger partial charge in [-0.15, -0.1) is 0 Å². The van der Waals surface area contributed by atoms with Crippen molar-refractivity contribution in [2.24, 2.45) is 0 Å². The van der Waals surface area contributed by atoms with E-state index in [-0.39, 0.29) is 5.78 Å². The number of rotatable bonds is 4. The third-order valence-corrected chi connectivity index (χ3v) is 3.34. The number of hydrogen-bond acceptors (Lipinski definition) is 4. The van der Waals surface area contributed by atoms with Gasteiger partial charge in [-0.1, -0.05) is 0 Å². The topological polar surface area (TPSA) is 67.9 Å². The number of pyridine rings is 2. The average Bonchev–Trinajstić information content (AvgIpc) is 2.95. The Morgan fingerprint density at radius 3 is 2.73 bits per heavy atom. The van der Waals surface area contributed by atoms with Gasteiger partial charge in [-0.25, -0.2) is 9.97 Å². The van der Waals surface area contributed by atoms with E-state index >= 15 is 0 Å². The molecular formula is C17H15N3O2. The lowest BCUT2D eigenvalue weighted by molar-refractivity contribution is -0.112. The van der Waals surface area contributed by atoms with Gasteiger partial charge in [0.25, 0.3) is 0 Å². The molecule has 3 rings (SSSR count). The molecule has 0 unspecified atom stereocenters. The predicted molar refractivity (Wildman–Crippen MR) is 85.6 cm³/mol. The van der Waals surface area contributed by atoms with Gasteiger partial charge in [0.05, 0.1) is 7.11 Å². The van der Waals surface area contributed by atoms with Crippen LogP contribution in [0.4, 0.5) is 0 Å². The maximum Gasteiger partial charge on any atom is 0.212 e. The minimum atomic E-state index is 0.0119. The van der Waals surface area contributed by atoms with Crippen molar-refractivity contribution in [3.63, 3.8) is 0 Å². The molecule has 5 heteroatoms. The first-order valence-electron chi connectivity index (χ1n) is 6.83. The second-order valence-corrected chi connectivity index (χ2v) is 4.90. The van der Waals surface area contributed by atoms with Gasteiger partial charge in [0.1, 0.15) is 5.65 Å². The molecule has 1 N–H and O–H groups in total. The van der Waals surface area contributed by atoms with E-state index in [9.17, 15) is 4.79 Å². The van der Waals surface area contributed by atoms with Crippen LogP contribution in [0.15, 0.2) is 42.9 Å². The maximum absolute atomic E-state index is 11.1. The summed E-state index contributed by atoms with van der Waals surface area (Å²) >= 11 is 0. The standard InChI is InChI=1S/C17H15N3O2/c1-11(21)3-4-13-9-19-17-15(13)7-14(10-20-17)12-5-6-16(22-2)18-8-12/h3-10H,1-2H3,(H,19,20)/b4-3+. The predicted octanol–water partition coefficient (Wildman–Crippen LogP) is 3.24. The molecule has 5 nitrogen and oxygen atoms in total. The van der Waals surface area contributed by atoms with Crippen molar-refractivity contribution in [1.29, 1.82) is 0 Å². The molecule has 3 aromatic heterocycles. The molecule has 0 saturated heterocycles.